The Balaban J connectivity index is 1.38. The highest BCUT2D eigenvalue weighted by molar-refractivity contribution is 6.89. The van der Waals surface area contributed by atoms with Crippen molar-refractivity contribution >= 4 is 26.5 Å². The van der Waals surface area contributed by atoms with Gasteiger partial charge in [-0.3, -0.25) is 0 Å². The third-order valence-corrected chi connectivity index (χ3v) is 13.2. The Hall–Kier alpha value is -5.24. The van der Waals surface area contributed by atoms with E-state index in [1.165, 1.54) is 38.2 Å². The molecule has 0 saturated carbocycles. The lowest BCUT2D eigenvalue weighted by Crippen LogP contribution is -2.38. The van der Waals surface area contributed by atoms with Gasteiger partial charge in [-0.1, -0.05) is 183 Å². The molecule has 0 unspecified atom stereocenters. The molecule has 1 heterocycles. The Kier molecular flexibility index (Phi) is 9.04. The van der Waals surface area contributed by atoms with E-state index in [4.69, 9.17) is 15.0 Å². The smallest absolute Gasteiger partial charge is 0.164 e. The molecule has 0 spiro atoms. The fourth-order valence-electron chi connectivity index (χ4n) is 6.19. The number of rotatable bonds is 8. The Bertz CT molecular complexity index is 2210. The van der Waals surface area contributed by atoms with Gasteiger partial charge >= 0.3 is 0 Å². The lowest BCUT2D eigenvalue weighted by atomic mass is 9.95. The van der Waals surface area contributed by atoms with E-state index in [1.807, 2.05) is 60.7 Å². The third kappa shape index (κ3) is 7.35. The van der Waals surface area contributed by atoms with Crippen molar-refractivity contribution in [2.75, 3.05) is 0 Å². The molecule has 5 heteroatoms. The second-order valence-electron chi connectivity index (χ2n) is 15.1. The van der Waals surface area contributed by atoms with Crippen LogP contribution in [-0.4, -0.2) is 31.1 Å². The summed E-state index contributed by atoms with van der Waals surface area (Å²) in [6.45, 7) is 14.6. The quantitative estimate of drug-likeness (QED) is 0.150. The summed E-state index contributed by atoms with van der Waals surface area (Å²) in [7, 11) is -3.28. The molecule has 0 fully saturated rings. The molecule has 1 aromatic heterocycles. The summed E-state index contributed by atoms with van der Waals surface area (Å²) in [5.74, 6) is 2.00. The first-order valence-electron chi connectivity index (χ1n) is 17.4. The molecule has 0 N–H and O–H groups in total. The molecule has 0 aliphatic heterocycles. The summed E-state index contributed by atoms with van der Waals surface area (Å²) < 4.78 is 0. The molecule has 7 aromatic rings. The fourth-order valence-corrected chi connectivity index (χ4v) is 8.55. The topological polar surface area (TPSA) is 38.7 Å². The average Bonchev–Trinajstić information content (AvgIpc) is 3.14. The molecule has 0 saturated heterocycles. The van der Waals surface area contributed by atoms with Gasteiger partial charge in [0.1, 0.15) is 0 Å². The number of aromatic nitrogens is 3. The first kappa shape index (κ1) is 33.3. The van der Waals surface area contributed by atoms with Crippen molar-refractivity contribution in [2.24, 2.45) is 0 Å². The lowest BCUT2D eigenvalue weighted by molar-refractivity contribution is 1.07. The van der Waals surface area contributed by atoms with Gasteiger partial charge < -0.3 is 0 Å². The summed E-state index contributed by atoms with van der Waals surface area (Å²) in [5, 5.41) is 2.90. The highest BCUT2D eigenvalue weighted by atomic mass is 28.3. The van der Waals surface area contributed by atoms with Crippen LogP contribution in [0.5, 0.6) is 0 Å². The zero-order valence-electron chi connectivity index (χ0n) is 29.8. The normalized spacial score (nSPS) is 11.8. The number of hydrogen-bond donors (Lipinski definition) is 0. The van der Waals surface area contributed by atoms with Crippen molar-refractivity contribution in [3.05, 3.63) is 152 Å². The van der Waals surface area contributed by atoms with E-state index < -0.39 is 16.1 Å². The molecule has 50 heavy (non-hydrogen) atoms. The maximum atomic E-state index is 5.02. The molecule has 0 aliphatic carbocycles. The summed E-state index contributed by atoms with van der Waals surface area (Å²) in [5.41, 5.74) is 10.3. The summed E-state index contributed by atoms with van der Waals surface area (Å²) in [4.78, 5) is 14.9. The molecular formula is C45H43N3Si2. The minimum absolute atomic E-state index is 0.663. The summed E-state index contributed by atoms with van der Waals surface area (Å²) >= 11 is 0. The third-order valence-electron chi connectivity index (χ3n) is 9.19. The molecule has 0 radical (unpaired) electrons. The van der Waals surface area contributed by atoms with Gasteiger partial charge in [0.15, 0.2) is 17.5 Å². The summed E-state index contributed by atoms with van der Waals surface area (Å²) in [6.07, 6.45) is 0. The second kappa shape index (κ2) is 13.6. The fraction of sp³-hybridized carbons (Fsp3) is 0.133. The van der Waals surface area contributed by atoms with Gasteiger partial charge in [-0.2, -0.15) is 0 Å². The van der Waals surface area contributed by atoms with E-state index in [9.17, 15) is 0 Å². The minimum Gasteiger partial charge on any atom is -0.208 e. The Labute approximate surface area is 298 Å². The van der Waals surface area contributed by atoms with E-state index >= 15 is 0 Å². The lowest BCUT2D eigenvalue weighted by Gasteiger charge is -2.22. The first-order chi connectivity index (χ1) is 24.0. The Morgan fingerprint density at radius 1 is 0.280 bits per heavy atom. The van der Waals surface area contributed by atoms with E-state index in [2.05, 4.69) is 130 Å². The Morgan fingerprint density at radius 3 is 1.00 bits per heavy atom. The molecule has 0 atom stereocenters. The van der Waals surface area contributed by atoms with Crippen LogP contribution in [0.1, 0.15) is 0 Å². The van der Waals surface area contributed by atoms with Gasteiger partial charge in [-0.25, -0.2) is 15.0 Å². The molecule has 7 rings (SSSR count). The van der Waals surface area contributed by atoms with Crippen molar-refractivity contribution in [3.8, 4) is 67.5 Å². The van der Waals surface area contributed by atoms with Crippen LogP contribution in [0.2, 0.25) is 39.3 Å². The molecule has 3 nitrogen and oxygen atoms in total. The van der Waals surface area contributed by atoms with Crippen LogP contribution >= 0.6 is 0 Å². The standard InChI is InChI=1S/C45H43N3Si2/c1-49(2,3)41-28-37(32-17-10-7-11-18-32)26-39(30-41)40-27-38(29-42(31-40)50(4,5)6)35-23-16-24-36(25-35)45-47-43(33-19-12-8-13-20-33)46-44(48-45)34-21-14-9-15-22-34/h7-31H,1-6H3. The number of nitrogens with zero attached hydrogens (tertiary/aromatic N) is 3. The van der Waals surface area contributed by atoms with Crippen molar-refractivity contribution in [2.45, 2.75) is 39.3 Å². The maximum Gasteiger partial charge on any atom is 0.164 e. The molecule has 0 bridgehead atoms. The van der Waals surface area contributed by atoms with Crippen molar-refractivity contribution in [1.29, 1.82) is 0 Å². The summed E-state index contributed by atoms with van der Waals surface area (Å²) in [6, 6.07) is 54.2. The average molecular weight is 682 g/mol. The van der Waals surface area contributed by atoms with Gasteiger partial charge in [0, 0.05) is 16.7 Å². The first-order valence-corrected chi connectivity index (χ1v) is 24.4. The van der Waals surface area contributed by atoms with E-state index in [-0.39, 0.29) is 0 Å². The van der Waals surface area contributed by atoms with Gasteiger partial charge in [0.25, 0.3) is 0 Å². The number of hydrogen-bond acceptors (Lipinski definition) is 3. The van der Waals surface area contributed by atoms with Gasteiger partial charge in [-0.15, -0.1) is 0 Å². The van der Waals surface area contributed by atoms with Gasteiger partial charge in [0.05, 0.1) is 16.1 Å². The number of benzene rings is 6. The van der Waals surface area contributed by atoms with Crippen LogP contribution in [0.3, 0.4) is 0 Å². The van der Waals surface area contributed by atoms with Crippen LogP contribution in [0.15, 0.2) is 152 Å². The molecular weight excluding hydrogens is 639 g/mol. The van der Waals surface area contributed by atoms with Gasteiger partial charge in [0.2, 0.25) is 0 Å². The predicted octanol–water partition coefficient (Wildman–Crippen LogP) is 11.0. The van der Waals surface area contributed by atoms with Crippen LogP contribution in [-0.2, 0) is 0 Å². The zero-order chi connectivity index (χ0) is 34.9. The predicted molar refractivity (Wildman–Crippen MR) is 218 cm³/mol. The van der Waals surface area contributed by atoms with Crippen molar-refractivity contribution < 1.29 is 0 Å². The maximum absolute atomic E-state index is 5.02. The minimum atomic E-state index is -1.68. The largest absolute Gasteiger partial charge is 0.208 e. The monoisotopic (exact) mass is 681 g/mol. The van der Waals surface area contributed by atoms with Crippen molar-refractivity contribution in [3.63, 3.8) is 0 Å². The molecule has 0 aliphatic rings. The van der Waals surface area contributed by atoms with Gasteiger partial charge in [-0.05, 0) is 51.6 Å². The highest BCUT2D eigenvalue weighted by Gasteiger charge is 2.22. The van der Waals surface area contributed by atoms with Crippen LogP contribution in [0.4, 0.5) is 0 Å². The Morgan fingerprint density at radius 2 is 0.580 bits per heavy atom. The van der Waals surface area contributed by atoms with Crippen LogP contribution < -0.4 is 10.4 Å². The second-order valence-corrected chi connectivity index (χ2v) is 25.2. The SMILES string of the molecule is C[Si](C)(C)c1cc(-c2ccccc2)cc(-c2cc(-c3cccc(-c4nc(-c5ccccc5)nc(-c5ccccc5)n4)c3)cc([Si](C)(C)C)c2)c1. The van der Waals surface area contributed by atoms with E-state index in [1.54, 1.807) is 0 Å². The highest BCUT2D eigenvalue weighted by Crippen LogP contribution is 2.33. The van der Waals surface area contributed by atoms with Crippen molar-refractivity contribution in [1.82, 2.24) is 15.0 Å². The molecule has 0 amide bonds. The zero-order valence-corrected chi connectivity index (χ0v) is 31.8. The van der Waals surface area contributed by atoms with E-state index in [0.717, 1.165) is 22.3 Å². The molecule has 246 valence electrons. The van der Waals surface area contributed by atoms with Crippen LogP contribution in [0, 0.1) is 0 Å². The van der Waals surface area contributed by atoms with E-state index in [0.29, 0.717) is 17.5 Å². The molecule has 6 aromatic carbocycles. The van der Waals surface area contributed by atoms with Crippen LogP contribution in [0.25, 0.3) is 67.5 Å².